The Labute approximate surface area is 122 Å². The highest BCUT2D eigenvalue weighted by Crippen LogP contribution is 2.20. The molecule has 5 heteroatoms. The van der Waals surface area contributed by atoms with Crippen molar-refractivity contribution in [3.63, 3.8) is 0 Å². The van der Waals surface area contributed by atoms with Gasteiger partial charge in [0.2, 0.25) is 5.95 Å². The van der Waals surface area contributed by atoms with Gasteiger partial charge in [-0.05, 0) is 29.3 Å². The van der Waals surface area contributed by atoms with Crippen molar-refractivity contribution in [2.75, 3.05) is 5.43 Å². The Morgan fingerprint density at radius 3 is 2.62 bits per heavy atom. The fraction of sp³-hybridized carbons (Fsp3) is 0.250. The lowest BCUT2D eigenvalue weighted by Gasteiger charge is -2.12. The van der Waals surface area contributed by atoms with Crippen molar-refractivity contribution in [3.05, 3.63) is 46.8 Å². The summed E-state index contributed by atoms with van der Waals surface area (Å²) in [5.41, 5.74) is 3.15. The molecule has 0 aliphatic heterocycles. The second kappa shape index (κ2) is 5.54. The molecule has 1 heterocycles. The third kappa shape index (κ3) is 2.36. The second-order valence-electron chi connectivity index (χ2n) is 5.11. The van der Waals surface area contributed by atoms with E-state index in [2.05, 4.69) is 17.3 Å². The fourth-order valence-corrected chi connectivity index (χ4v) is 2.54. The minimum atomic E-state index is -0.0489. The lowest BCUT2D eigenvalue weighted by molar-refractivity contribution is 0.614. The Kier molecular flexibility index (Phi) is 3.58. The molecule has 0 radical (unpaired) electrons. The molecule has 0 fully saturated rings. The number of nitrogens with two attached hydrogens (primary N) is 1. The van der Waals surface area contributed by atoms with Gasteiger partial charge in [0, 0.05) is 6.54 Å². The van der Waals surface area contributed by atoms with Crippen LogP contribution in [0.1, 0.15) is 19.8 Å². The minimum absolute atomic E-state index is 0.0489. The number of hydrogen-bond donors (Lipinski definition) is 2. The van der Waals surface area contributed by atoms with Crippen LogP contribution in [0.2, 0.25) is 0 Å². The summed E-state index contributed by atoms with van der Waals surface area (Å²) in [6.45, 7) is 2.70. The molecule has 0 atom stereocenters. The van der Waals surface area contributed by atoms with Gasteiger partial charge >= 0.3 is 0 Å². The quantitative estimate of drug-likeness (QED) is 0.438. The zero-order valence-electron chi connectivity index (χ0n) is 12.0. The molecule has 5 nitrogen and oxygen atoms in total. The molecular weight excluding hydrogens is 264 g/mol. The maximum atomic E-state index is 12.7. The van der Waals surface area contributed by atoms with Crippen LogP contribution in [0.4, 0.5) is 5.95 Å². The SMILES string of the molecule is CCCCn1c(NN)nc2cc3ccccc3cc2c1=O. The largest absolute Gasteiger partial charge is 0.294 e. The van der Waals surface area contributed by atoms with Gasteiger partial charge in [-0.3, -0.25) is 14.8 Å². The number of nitrogens with zero attached hydrogens (tertiary/aromatic N) is 2. The Hall–Kier alpha value is -2.40. The van der Waals surface area contributed by atoms with Gasteiger partial charge in [-0.2, -0.15) is 0 Å². The van der Waals surface area contributed by atoms with E-state index < -0.39 is 0 Å². The summed E-state index contributed by atoms with van der Waals surface area (Å²) in [6.07, 6.45) is 1.92. The molecule has 3 aromatic rings. The van der Waals surface area contributed by atoms with Crippen LogP contribution in [0.15, 0.2) is 41.2 Å². The number of fused-ring (bicyclic) bond motifs is 2. The predicted molar refractivity (Wildman–Crippen MR) is 86.2 cm³/mol. The van der Waals surface area contributed by atoms with E-state index in [-0.39, 0.29) is 5.56 Å². The highest BCUT2D eigenvalue weighted by molar-refractivity contribution is 5.96. The molecule has 1 aromatic heterocycles. The molecule has 108 valence electrons. The first-order valence-electron chi connectivity index (χ1n) is 7.14. The van der Waals surface area contributed by atoms with Crippen LogP contribution in [0.5, 0.6) is 0 Å². The van der Waals surface area contributed by atoms with Crippen molar-refractivity contribution in [1.82, 2.24) is 9.55 Å². The molecule has 3 rings (SSSR count). The van der Waals surface area contributed by atoms with Gasteiger partial charge in [0.1, 0.15) is 0 Å². The first kappa shape index (κ1) is 13.6. The van der Waals surface area contributed by atoms with E-state index in [4.69, 9.17) is 5.84 Å². The molecule has 0 saturated heterocycles. The van der Waals surface area contributed by atoms with Crippen LogP contribution < -0.4 is 16.8 Å². The smallest absolute Gasteiger partial charge is 0.262 e. The predicted octanol–water partition coefficient (Wildman–Crippen LogP) is 2.64. The molecule has 0 aliphatic carbocycles. The number of anilines is 1. The molecule has 0 unspecified atom stereocenters. The maximum Gasteiger partial charge on any atom is 0.262 e. The molecule has 2 aromatic carbocycles. The lowest BCUT2D eigenvalue weighted by atomic mass is 10.1. The summed E-state index contributed by atoms with van der Waals surface area (Å²) in [5.74, 6) is 5.94. The molecule has 0 spiro atoms. The Morgan fingerprint density at radius 2 is 1.95 bits per heavy atom. The number of nitrogens with one attached hydrogen (secondary N) is 1. The Morgan fingerprint density at radius 1 is 1.24 bits per heavy atom. The number of aromatic nitrogens is 2. The van der Waals surface area contributed by atoms with Gasteiger partial charge in [0.15, 0.2) is 0 Å². The number of hydrogen-bond acceptors (Lipinski definition) is 4. The van der Waals surface area contributed by atoms with Crippen molar-refractivity contribution in [2.24, 2.45) is 5.84 Å². The van der Waals surface area contributed by atoms with Crippen LogP contribution in [0, 0.1) is 0 Å². The van der Waals surface area contributed by atoms with Gasteiger partial charge in [-0.1, -0.05) is 37.6 Å². The van der Waals surface area contributed by atoms with Crippen LogP contribution in [-0.2, 0) is 6.54 Å². The van der Waals surface area contributed by atoms with Crippen molar-refractivity contribution in [2.45, 2.75) is 26.3 Å². The van der Waals surface area contributed by atoms with E-state index in [0.717, 1.165) is 23.6 Å². The number of rotatable bonds is 4. The lowest BCUT2D eigenvalue weighted by Crippen LogP contribution is -2.27. The van der Waals surface area contributed by atoms with E-state index in [0.29, 0.717) is 23.4 Å². The average molecular weight is 282 g/mol. The highest BCUT2D eigenvalue weighted by Gasteiger charge is 2.10. The second-order valence-corrected chi connectivity index (χ2v) is 5.11. The van der Waals surface area contributed by atoms with E-state index >= 15 is 0 Å². The molecule has 21 heavy (non-hydrogen) atoms. The van der Waals surface area contributed by atoms with E-state index in [1.54, 1.807) is 4.57 Å². The first-order chi connectivity index (χ1) is 10.2. The third-order valence-electron chi connectivity index (χ3n) is 3.69. The van der Waals surface area contributed by atoms with E-state index in [9.17, 15) is 4.79 Å². The minimum Gasteiger partial charge on any atom is -0.294 e. The molecule has 0 amide bonds. The van der Waals surface area contributed by atoms with Crippen LogP contribution in [-0.4, -0.2) is 9.55 Å². The number of benzene rings is 2. The van der Waals surface area contributed by atoms with Crippen LogP contribution in [0.25, 0.3) is 21.7 Å². The van der Waals surface area contributed by atoms with Gasteiger partial charge < -0.3 is 0 Å². The van der Waals surface area contributed by atoms with Gasteiger partial charge in [-0.15, -0.1) is 0 Å². The zero-order chi connectivity index (χ0) is 14.8. The van der Waals surface area contributed by atoms with Crippen molar-refractivity contribution < 1.29 is 0 Å². The molecule has 0 bridgehead atoms. The maximum absolute atomic E-state index is 12.7. The highest BCUT2D eigenvalue weighted by atomic mass is 16.1. The van der Waals surface area contributed by atoms with E-state index in [1.165, 1.54) is 0 Å². The van der Waals surface area contributed by atoms with Crippen molar-refractivity contribution in [1.29, 1.82) is 0 Å². The molecule has 0 aliphatic rings. The summed E-state index contributed by atoms with van der Waals surface area (Å²) in [4.78, 5) is 17.2. The number of unbranched alkanes of at least 4 members (excludes halogenated alkanes) is 1. The van der Waals surface area contributed by atoms with Crippen molar-refractivity contribution in [3.8, 4) is 0 Å². The van der Waals surface area contributed by atoms with Crippen LogP contribution in [0.3, 0.4) is 0 Å². The normalized spacial score (nSPS) is 11.1. The van der Waals surface area contributed by atoms with Crippen molar-refractivity contribution >= 4 is 27.6 Å². The summed E-state index contributed by atoms with van der Waals surface area (Å²) in [5, 5.41) is 2.73. The Balaban J connectivity index is 2.31. The topological polar surface area (TPSA) is 72.9 Å². The molecular formula is C16H18N4O. The monoisotopic (exact) mass is 282 g/mol. The fourth-order valence-electron chi connectivity index (χ4n) is 2.54. The van der Waals surface area contributed by atoms with Gasteiger partial charge in [0.25, 0.3) is 5.56 Å². The van der Waals surface area contributed by atoms with E-state index in [1.807, 2.05) is 36.4 Å². The standard InChI is InChI=1S/C16H18N4O/c1-2-3-8-20-15(21)13-9-11-6-4-5-7-12(11)10-14(13)18-16(20)19-17/h4-7,9-10H,2-3,8,17H2,1H3,(H,18,19). The van der Waals surface area contributed by atoms with Crippen LogP contribution >= 0.6 is 0 Å². The third-order valence-corrected chi connectivity index (χ3v) is 3.69. The molecule has 3 N–H and O–H groups in total. The Bertz CT molecular complexity index is 854. The molecule has 0 saturated carbocycles. The van der Waals surface area contributed by atoms with Gasteiger partial charge in [0.05, 0.1) is 10.9 Å². The summed E-state index contributed by atoms with van der Waals surface area (Å²) in [6, 6.07) is 11.8. The zero-order valence-corrected chi connectivity index (χ0v) is 12.0. The summed E-state index contributed by atoms with van der Waals surface area (Å²) >= 11 is 0. The summed E-state index contributed by atoms with van der Waals surface area (Å²) < 4.78 is 1.61. The van der Waals surface area contributed by atoms with Gasteiger partial charge in [-0.25, -0.2) is 10.8 Å². The average Bonchev–Trinajstić information content (AvgIpc) is 2.52. The first-order valence-corrected chi connectivity index (χ1v) is 7.14. The summed E-state index contributed by atoms with van der Waals surface area (Å²) in [7, 11) is 0. The number of nitrogen functional groups attached to an aromatic ring is 1. The number of hydrazine groups is 1.